The van der Waals surface area contributed by atoms with Crippen LogP contribution in [-0.2, 0) is 17.8 Å². The summed E-state index contributed by atoms with van der Waals surface area (Å²) < 4.78 is 0. The molecule has 0 radical (unpaired) electrons. The molecular weight excluding hydrogens is 228 g/mol. The van der Waals surface area contributed by atoms with Gasteiger partial charge in [0.1, 0.15) is 0 Å². The molecule has 0 saturated carbocycles. The highest BCUT2D eigenvalue weighted by molar-refractivity contribution is 5.81. The normalized spacial score (nSPS) is 18.8. The Bertz CT molecular complexity index is 383. The highest BCUT2D eigenvalue weighted by atomic mass is 16.3. The Labute approximate surface area is 107 Å². The molecule has 18 heavy (non-hydrogen) atoms. The number of hydrogen-bond acceptors (Lipinski definition) is 3. The van der Waals surface area contributed by atoms with Crippen LogP contribution in [-0.4, -0.2) is 30.1 Å². The van der Waals surface area contributed by atoms with Crippen LogP contribution in [0, 0.1) is 0 Å². The Morgan fingerprint density at radius 3 is 2.67 bits per heavy atom. The third-order valence-corrected chi connectivity index (χ3v) is 3.30. The largest absolute Gasteiger partial charge is 0.392 e. The lowest BCUT2D eigenvalue weighted by Crippen LogP contribution is -2.41. The maximum absolute atomic E-state index is 11.7. The zero-order valence-corrected chi connectivity index (χ0v) is 10.5. The summed E-state index contributed by atoms with van der Waals surface area (Å²) in [5, 5.41) is 15.1. The summed E-state index contributed by atoms with van der Waals surface area (Å²) in [6, 6.07) is 7.81. The number of hydrogen-bond donors (Lipinski definition) is 3. The fourth-order valence-electron chi connectivity index (χ4n) is 2.17. The van der Waals surface area contributed by atoms with Crippen molar-refractivity contribution >= 4 is 5.91 Å². The van der Waals surface area contributed by atoms with Crippen molar-refractivity contribution in [3.8, 4) is 0 Å². The Kier molecular flexibility index (Phi) is 4.73. The zero-order chi connectivity index (χ0) is 12.8. The molecule has 1 heterocycles. The van der Waals surface area contributed by atoms with Gasteiger partial charge in [0.15, 0.2) is 0 Å². The molecule has 1 aromatic carbocycles. The summed E-state index contributed by atoms with van der Waals surface area (Å²) in [4.78, 5) is 11.7. The first-order valence-corrected chi connectivity index (χ1v) is 6.49. The first-order chi connectivity index (χ1) is 8.79. The minimum Gasteiger partial charge on any atom is -0.392 e. The van der Waals surface area contributed by atoms with E-state index in [4.69, 9.17) is 5.11 Å². The number of rotatable bonds is 5. The molecule has 1 aromatic rings. The zero-order valence-electron chi connectivity index (χ0n) is 10.5. The van der Waals surface area contributed by atoms with Crippen LogP contribution < -0.4 is 10.6 Å². The van der Waals surface area contributed by atoms with Crippen LogP contribution in [0.5, 0.6) is 0 Å². The fraction of sp³-hybridized carbons (Fsp3) is 0.500. The molecule has 0 bridgehead atoms. The minimum absolute atomic E-state index is 0.00163. The van der Waals surface area contributed by atoms with Crippen molar-refractivity contribution in [2.75, 3.05) is 13.1 Å². The Balaban J connectivity index is 1.72. The van der Waals surface area contributed by atoms with Gasteiger partial charge < -0.3 is 15.7 Å². The lowest BCUT2D eigenvalue weighted by atomic mass is 10.1. The van der Waals surface area contributed by atoms with E-state index in [2.05, 4.69) is 10.6 Å². The van der Waals surface area contributed by atoms with Crippen molar-refractivity contribution in [2.45, 2.75) is 31.9 Å². The Morgan fingerprint density at radius 1 is 1.33 bits per heavy atom. The van der Waals surface area contributed by atoms with Gasteiger partial charge in [0.2, 0.25) is 5.91 Å². The van der Waals surface area contributed by atoms with Crippen molar-refractivity contribution in [1.29, 1.82) is 0 Å². The molecule has 0 aliphatic carbocycles. The van der Waals surface area contributed by atoms with Crippen molar-refractivity contribution in [1.82, 2.24) is 10.6 Å². The van der Waals surface area contributed by atoms with Gasteiger partial charge in [-0.3, -0.25) is 4.79 Å². The van der Waals surface area contributed by atoms with Crippen molar-refractivity contribution in [3.05, 3.63) is 35.4 Å². The van der Waals surface area contributed by atoms with E-state index in [1.165, 1.54) is 5.56 Å². The first-order valence-electron chi connectivity index (χ1n) is 6.49. The lowest BCUT2D eigenvalue weighted by molar-refractivity contribution is -0.122. The molecule has 0 spiro atoms. The maximum Gasteiger partial charge on any atom is 0.237 e. The van der Waals surface area contributed by atoms with Gasteiger partial charge in [-0.2, -0.15) is 0 Å². The minimum atomic E-state index is 0.00163. The Hall–Kier alpha value is -1.39. The summed E-state index contributed by atoms with van der Waals surface area (Å²) in [5.74, 6) is 0.111. The molecule has 4 heteroatoms. The van der Waals surface area contributed by atoms with Crippen LogP contribution in [0.4, 0.5) is 0 Å². The van der Waals surface area contributed by atoms with E-state index in [0.29, 0.717) is 6.54 Å². The van der Waals surface area contributed by atoms with Crippen LogP contribution in [0.3, 0.4) is 0 Å². The molecule has 4 nitrogen and oxygen atoms in total. The molecule has 1 saturated heterocycles. The molecular formula is C14H20N2O2. The number of nitrogens with one attached hydrogen (secondary N) is 2. The molecule has 3 N–H and O–H groups in total. The molecule has 1 aliphatic heterocycles. The summed E-state index contributed by atoms with van der Waals surface area (Å²) in [6.45, 7) is 1.68. The third-order valence-electron chi connectivity index (χ3n) is 3.30. The van der Waals surface area contributed by atoms with Gasteiger partial charge in [-0.1, -0.05) is 24.3 Å². The number of aliphatic hydroxyl groups is 1. The summed E-state index contributed by atoms with van der Waals surface area (Å²) in [7, 11) is 0. The summed E-state index contributed by atoms with van der Waals surface area (Å²) >= 11 is 0. The Morgan fingerprint density at radius 2 is 2.06 bits per heavy atom. The van der Waals surface area contributed by atoms with Crippen LogP contribution in [0.25, 0.3) is 0 Å². The van der Waals surface area contributed by atoms with E-state index >= 15 is 0 Å². The number of carbonyl (C=O) groups is 1. The summed E-state index contributed by atoms with van der Waals surface area (Å²) in [6.07, 6.45) is 2.85. The second-order valence-electron chi connectivity index (χ2n) is 4.66. The predicted molar refractivity (Wildman–Crippen MR) is 70.1 cm³/mol. The highest BCUT2D eigenvalue weighted by Crippen LogP contribution is 2.06. The van der Waals surface area contributed by atoms with Crippen LogP contribution in [0.1, 0.15) is 24.0 Å². The van der Waals surface area contributed by atoms with E-state index < -0.39 is 0 Å². The molecule has 0 unspecified atom stereocenters. The second kappa shape index (κ2) is 6.52. The average Bonchev–Trinajstić information content (AvgIpc) is 2.93. The monoisotopic (exact) mass is 248 g/mol. The van der Waals surface area contributed by atoms with Gasteiger partial charge >= 0.3 is 0 Å². The van der Waals surface area contributed by atoms with Crippen LogP contribution in [0.2, 0.25) is 0 Å². The van der Waals surface area contributed by atoms with Crippen LogP contribution >= 0.6 is 0 Å². The SMILES string of the molecule is O=C(NCCc1ccc(CO)cc1)[C@@H]1CCCN1. The molecule has 1 amide bonds. The smallest absolute Gasteiger partial charge is 0.237 e. The van der Waals surface area contributed by atoms with Crippen molar-refractivity contribution < 1.29 is 9.90 Å². The van der Waals surface area contributed by atoms with E-state index in [-0.39, 0.29) is 18.6 Å². The first kappa shape index (κ1) is 13.1. The maximum atomic E-state index is 11.7. The molecule has 1 atom stereocenters. The topological polar surface area (TPSA) is 61.4 Å². The number of benzene rings is 1. The highest BCUT2D eigenvalue weighted by Gasteiger charge is 2.20. The van der Waals surface area contributed by atoms with Gasteiger partial charge in [-0.25, -0.2) is 0 Å². The molecule has 2 rings (SSSR count). The summed E-state index contributed by atoms with van der Waals surface area (Å²) in [5.41, 5.74) is 2.09. The average molecular weight is 248 g/mol. The van der Waals surface area contributed by atoms with Gasteiger partial charge in [0, 0.05) is 6.54 Å². The third kappa shape index (κ3) is 3.55. The predicted octanol–water partition coefficient (Wildman–Crippen LogP) is 0.590. The standard InChI is InChI=1S/C14H20N2O2/c17-10-12-5-3-11(4-6-12)7-9-16-14(18)13-2-1-8-15-13/h3-6,13,15,17H,1-2,7-10H2,(H,16,18)/t13-/m0/s1. The molecule has 0 aromatic heterocycles. The number of amides is 1. The molecule has 98 valence electrons. The molecule has 1 fully saturated rings. The fourth-order valence-corrected chi connectivity index (χ4v) is 2.17. The van der Waals surface area contributed by atoms with Gasteiger partial charge in [0.05, 0.1) is 12.6 Å². The van der Waals surface area contributed by atoms with Gasteiger partial charge in [-0.05, 0) is 36.9 Å². The van der Waals surface area contributed by atoms with E-state index in [1.807, 2.05) is 24.3 Å². The second-order valence-corrected chi connectivity index (χ2v) is 4.66. The number of aliphatic hydroxyl groups excluding tert-OH is 1. The van der Waals surface area contributed by atoms with Crippen molar-refractivity contribution in [3.63, 3.8) is 0 Å². The van der Waals surface area contributed by atoms with Gasteiger partial charge in [0.25, 0.3) is 0 Å². The number of carbonyl (C=O) groups excluding carboxylic acids is 1. The van der Waals surface area contributed by atoms with E-state index in [1.54, 1.807) is 0 Å². The van der Waals surface area contributed by atoms with Crippen LogP contribution in [0.15, 0.2) is 24.3 Å². The molecule has 1 aliphatic rings. The van der Waals surface area contributed by atoms with E-state index in [9.17, 15) is 4.79 Å². The van der Waals surface area contributed by atoms with Crippen molar-refractivity contribution in [2.24, 2.45) is 0 Å². The quantitative estimate of drug-likeness (QED) is 0.714. The van der Waals surface area contributed by atoms with Gasteiger partial charge in [-0.15, -0.1) is 0 Å². The van der Waals surface area contributed by atoms with E-state index in [0.717, 1.165) is 31.4 Å². The lowest BCUT2D eigenvalue weighted by Gasteiger charge is -2.11.